The Balaban J connectivity index is 3.21. The number of sulfonamides is 1. The molecule has 0 saturated carbocycles. The molecule has 0 saturated heterocycles. The van der Waals surface area contributed by atoms with Gasteiger partial charge in [-0.25, -0.2) is 8.42 Å². The molecule has 1 aromatic rings. The van der Waals surface area contributed by atoms with Gasteiger partial charge in [-0.3, -0.25) is 0 Å². The average molecular weight is 318 g/mol. The van der Waals surface area contributed by atoms with Gasteiger partial charge >= 0.3 is 0 Å². The molecule has 0 spiro atoms. The molecular weight excluding hydrogens is 292 g/mol. The molecule has 1 heterocycles. The van der Waals surface area contributed by atoms with Gasteiger partial charge in [0.25, 0.3) is 0 Å². The molecule has 0 aliphatic carbocycles. The minimum atomic E-state index is -3.61. The van der Waals surface area contributed by atoms with E-state index in [0.29, 0.717) is 24.7 Å². The van der Waals surface area contributed by atoms with E-state index < -0.39 is 10.0 Å². The summed E-state index contributed by atoms with van der Waals surface area (Å²) in [5, 5.41) is 0. The number of aryl methyl sites for hydroxylation is 1. The highest BCUT2D eigenvalue weighted by Gasteiger charge is 2.32. The van der Waals surface area contributed by atoms with E-state index in [1.807, 2.05) is 13.8 Å². The summed E-state index contributed by atoms with van der Waals surface area (Å²) in [5.74, 6) is 0.853. The number of hydrogen-bond acceptors (Lipinski definition) is 5. The van der Waals surface area contributed by atoms with Crippen molar-refractivity contribution in [3.05, 3.63) is 17.6 Å². The quantitative estimate of drug-likeness (QED) is 0.751. The molecule has 6 nitrogen and oxygen atoms in total. The highest BCUT2D eigenvalue weighted by molar-refractivity contribution is 7.89. The minimum Gasteiger partial charge on any atom is -0.464 e. The van der Waals surface area contributed by atoms with E-state index in [0.717, 1.165) is 12.8 Å². The summed E-state index contributed by atoms with van der Waals surface area (Å²) in [5.41, 5.74) is 5.52. The van der Waals surface area contributed by atoms with Crippen molar-refractivity contribution in [1.29, 1.82) is 0 Å². The molecule has 122 valence electrons. The lowest BCUT2D eigenvalue weighted by Crippen LogP contribution is -2.41. The fourth-order valence-corrected chi connectivity index (χ4v) is 4.33. The number of hydrogen-bond donors (Lipinski definition) is 1. The monoisotopic (exact) mass is 318 g/mol. The van der Waals surface area contributed by atoms with Gasteiger partial charge in [0.05, 0.1) is 13.2 Å². The lowest BCUT2D eigenvalue weighted by molar-refractivity contribution is 0.163. The first-order valence-electron chi connectivity index (χ1n) is 7.22. The normalized spacial score (nSPS) is 12.5. The van der Waals surface area contributed by atoms with Crippen molar-refractivity contribution in [2.45, 2.75) is 51.1 Å². The molecule has 0 unspecified atom stereocenters. The van der Waals surface area contributed by atoms with Crippen molar-refractivity contribution in [1.82, 2.24) is 4.31 Å². The molecule has 2 N–H and O–H groups in total. The van der Waals surface area contributed by atoms with Crippen molar-refractivity contribution in [3.63, 3.8) is 0 Å². The van der Waals surface area contributed by atoms with Crippen molar-refractivity contribution < 1.29 is 17.6 Å². The van der Waals surface area contributed by atoms with Gasteiger partial charge in [-0.2, -0.15) is 4.31 Å². The molecule has 0 aliphatic rings. The molecule has 0 bridgehead atoms. The molecule has 7 heteroatoms. The Hall–Kier alpha value is -0.890. The summed E-state index contributed by atoms with van der Waals surface area (Å²) in [6.45, 7) is 6.48. The number of furan rings is 1. The number of ether oxygens (including phenoxy) is 1. The number of methoxy groups -OCH3 is 1. The van der Waals surface area contributed by atoms with Crippen molar-refractivity contribution in [2.24, 2.45) is 5.73 Å². The van der Waals surface area contributed by atoms with Gasteiger partial charge in [0.2, 0.25) is 10.0 Å². The fourth-order valence-electron chi connectivity index (χ4n) is 2.38. The van der Waals surface area contributed by atoms with Gasteiger partial charge in [0, 0.05) is 25.8 Å². The van der Waals surface area contributed by atoms with Crippen LogP contribution in [0.2, 0.25) is 0 Å². The number of nitrogens with two attached hydrogens (primary N) is 1. The van der Waals surface area contributed by atoms with E-state index >= 15 is 0 Å². The largest absolute Gasteiger partial charge is 0.464 e. The maximum absolute atomic E-state index is 12.9. The van der Waals surface area contributed by atoms with Crippen LogP contribution >= 0.6 is 0 Å². The first-order chi connectivity index (χ1) is 9.92. The van der Waals surface area contributed by atoms with Crippen LogP contribution in [-0.2, 0) is 21.3 Å². The smallest absolute Gasteiger partial charge is 0.246 e. The molecular formula is C14H26N2O4S. The van der Waals surface area contributed by atoms with Gasteiger partial charge in [0.15, 0.2) is 0 Å². The summed E-state index contributed by atoms with van der Waals surface area (Å²) in [6.07, 6.45) is 1.50. The molecule has 0 fully saturated rings. The van der Waals surface area contributed by atoms with Crippen LogP contribution in [0.15, 0.2) is 15.4 Å². The summed E-state index contributed by atoms with van der Waals surface area (Å²) in [7, 11) is -2.05. The van der Waals surface area contributed by atoms with Crippen LogP contribution in [0.1, 0.15) is 38.2 Å². The Morgan fingerprint density at radius 1 is 1.38 bits per heavy atom. The van der Waals surface area contributed by atoms with Gasteiger partial charge in [-0.15, -0.1) is 0 Å². The fraction of sp³-hybridized carbons (Fsp3) is 0.714. The highest BCUT2D eigenvalue weighted by Crippen LogP contribution is 2.26. The lowest BCUT2D eigenvalue weighted by Gasteiger charge is -2.29. The molecule has 0 aromatic carbocycles. The maximum atomic E-state index is 12.9. The van der Waals surface area contributed by atoms with E-state index in [9.17, 15) is 8.42 Å². The van der Waals surface area contributed by atoms with Crippen LogP contribution in [0.3, 0.4) is 0 Å². The van der Waals surface area contributed by atoms with Gasteiger partial charge in [-0.05, 0) is 19.8 Å². The van der Waals surface area contributed by atoms with E-state index in [2.05, 4.69) is 0 Å². The summed E-state index contributed by atoms with van der Waals surface area (Å²) >= 11 is 0. The third kappa shape index (κ3) is 4.06. The van der Waals surface area contributed by atoms with Gasteiger partial charge in [-0.1, -0.05) is 13.8 Å². The van der Waals surface area contributed by atoms with Crippen LogP contribution in [0.4, 0.5) is 0 Å². The highest BCUT2D eigenvalue weighted by atomic mass is 32.2. The third-order valence-electron chi connectivity index (χ3n) is 3.58. The number of rotatable bonds is 9. The van der Waals surface area contributed by atoms with Crippen LogP contribution in [-0.4, -0.2) is 39.0 Å². The Morgan fingerprint density at radius 3 is 2.43 bits per heavy atom. The van der Waals surface area contributed by atoms with Crippen LogP contribution in [0.25, 0.3) is 0 Å². The van der Waals surface area contributed by atoms with E-state index in [-0.39, 0.29) is 17.5 Å². The summed E-state index contributed by atoms with van der Waals surface area (Å²) in [6, 6.07) is 1.47. The van der Waals surface area contributed by atoms with Crippen LogP contribution in [0.5, 0.6) is 0 Å². The first kappa shape index (κ1) is 18.2. The van der Waals surface area contributed by atoms with E-state index in [4.69, 9.17) is 14.9 Å². The second-order valence-electron chi connectivity index (χ2n) is 4.92. The second kappa shape index (κ2) is 7.93. The molecule has 0 aliphatic heterocycles. The van der Waals surface area contributed by atoms with Gasteiger partial charge < -0.3 is 14.9 Å². The maximum Gasteiger partial charge on any atom is 0.246 e. The third-order valence-corrected chi connectivity index (χ3v) is 5.64. The zero-order valence-corrected chi connectivity index (χ0v) is 14.1. The zero-order chi connectivity index (χ0) is 16.0. The molecule has 1 rings (SSSR count). The Bertz CT molecular complexity index is 535. The molecule has 0 radical (unpaired) electrons. The van der Waals surface area contributed by atoms with Crippen molar-refractivity contribution in [2.75, 3.05) is 20.3 Å². The van der Waals surface area contributed by atoms with Gasteiger partial charge in [0.1, 0.15) is 16.4 Å². The van der Waals surface area contributed by atoms with E-state index in [1.54, 1.807) is 14.0 Å². The minimum absolute atomic E-state index is 0.0548. The lowest BCUT2D eigenvalue weighted by atomic mass is 10.2. The second-order valence-corrected chi connectivity index (χ2v) is 6.78. The van der Waals surface area contributed by atoms with Crippen molar-refractivity contribution in [3.8, 4) is 0 Å². The molecule has 1 aromatic heterocycles. The predicted molar refractivity (Wildman–Crippen MR) is 81.5 cm³/mol. The first-order valence-corrected chi connectivity index (χ1v) is 8.66. The summed E-state index contributed by atoms with van der Waals surface area (Å²) < 4.78 is 37.8. The summed E-state index contributed by atoms with van der Waals surface area (Å²) in [4.78, 5) is 0.200. The van der Waals surface area contributed by atoms with Crippen molar-refractivity contribution >= 4 is 10.0 Å². The Labute approximate surface area is 127 Å². The average Bonchev–Trinajstić information content (AvgIpc) is 2.85. The topological polar surface area (TPSA) is 85.8 Å². The van der Waals surface area contributed by atoms with Crippen LogP contribution in [0, 0.1) is 6.92 Å². The molecule has 21 heavy (non-hydrogen) atoms. The Morgan fingerprint density at radius 2 is 2.00 bits per heavy atom. The molecule has 0 atom stereocenters. The number of nitrogens with zero attached hydrogens (tertiary/aromatic N) is 1. The zero-order valence-electron chi connectivity index (χ0n) is 13.3. The van der Waals surface area contributed by atoms with Crippen LogP contribution < -0.4 is 5.73 Å². The molecule has 0 amide bonds. The predicted octanol–water partition coefficient (Wildman–Crippen LogP) is 1.87. The van der Waals surface area contributed by atoms with E-state index in [1.165, 1.54) is 10.4 Å². The SMILES string of the molecule is CCC(CC)N(CCOC)S(=O)(=O)c1cc(CN)oc1C. The standard InChI is InChI=1S/C14H26N2O4S/c1-5-12(6-2)16(7-8-19-4)21(17,18)14-9-13(10-15)20-11(14)3/h9,12H,5-8,10,15H2,1-4H3. The Kier molecular flexibility index (Phi) is 6.86.